The Balaban J connectivity index is 2.23. The van der Waals surface area contributed by atoms with E-state index in [0.717, 1.165) is 16.0 Å². The van der Waals surface area contributed by atoms with E-state index in [1.807, 2.05) is 18.4 Å². The van der Waals surface area contributed by atoms with Crippen LogP contribution in [0.3, 0.4) is 0 Å². The van der Waals surface area contributed by atoms with Crippen LogP contribution in [0.4, 0.5) is 4.39 Å². The molecule has 0 spiro atoms. The Morgan fingerprint density at radius 2 is 2.00 bits per heavy atom. The second-order valence-corrected chi connectivity index (χ2v) is 5.92. The summed E-state index contributed by atoms with van der Waals surface area (Å²) in [5.74, 6) is -0.202. The van der Waals surface area contributed by atoms with Crippen LogP contribution in [0.5, 0.6) is 0 Å². The SMILES string of the molecule is Cc1csc(C(=O)C(I)c2ccc(F)cc2)c1. The molecule has 0 bridgehead atoms. The molecule has 1 unspecified atom stereocenters. The number of alkyl halides is 1. The van der Waals surface area contributed by atoms with Crippen LogP contribution >= 0.6 is 33.9 Å². The molecule has 2 aromatic rings. The Labute approximate surface area is 117 Å². The first-order valence-electron chi connectivity index (χ1n) is 5.07. The van der Waals surface area contributed by atoms with E-state index in [0.29, 0.717) is 0 Å². The van der Waals surface area contributed by atoms with Gasteiger partial charge < -0.3 is 0 Å². The zero-order valence-corrected chi connectivity index (χ0v) is 12.1. The van der Waals surface area contributed by atoms with E-state index >= 15 is 0 Å². The van der Waals surface area contributed by atoms with Gasteiger partial charge in [-0.05, 0) is 41.6 Å². The van der Waals surface area contributed by atoms with Crippen molar-refractivity contribution in [1.82, 2.24) is 0 Å². The highest BCUT2D eigenvalue weighted by Gasteiger charge is 2.20. The van der Waals surface area contributed by atoms with Crippen molar-refractivity contribution in [3.8, 4) is 0 Å². The van der Waals surface area contributed by atoms with E-state index < -0.39 is 0 Å². The number of Topliss-reactive ketones (excluding diaryl/α,β-unsaturated/α-hetero) is 1. The van der Waals surface area contributed by atoms with E-state index in [2.05, 4.69) is 22.6 Å². The lowest BCUT2D eigenvalue weighted by atomic mass is 10.1. The van der Waals surface area contributed by atoms with Crippen LogP contribution in [0.2, 0.25) is 0 Å². The van der Waals surface area contributed by atoms with Gasteiger partial charge in [-0.15, -0.1) is 11.3 Å². The average Bonchev–Trinajstić information content (AvgIpc) is 2.75. The summed E-state index contributed by atoms with van der Waals surface area (Å²) in [6.07, 6.45) is 0. The molecule has 0 N–H and O–H groups in total. The van der Waals surface area contributed by atoms with Gasteiger partial charge in [-0.2, -0.15) is 0 Å². The molecular weight excluding hydrogens is 350 g/mol. The van der Waals surface area contributed by atoms with Crippen LogP contribution in [0.1, 0.15) is 24.7 Å². The highest BCUT2D eigenvalue weighted by molar-refractivity contribution is 14.1. The first kappa shape index (κ1) is 12.7. The molecule has 1 aromatic heterocycles. The summed E-state index contributed by atoms with van der Waals surface area (Å²) in [5, 5.41) is 1.96. The maximum Gasteiger partial charge on any atom is 0.189 e. The maximum absolute atomic E-state index is 12.8. The molecule has 1 atom stereocenters. The molecule has 0 saturated heterocycles. The molecule has 1 nitrogen and oxygen atoms in total. The van der Waals surface area contributed by atoms with Crippen molar-refractivity contribution in [2.45, 2.75) is 10.8 Å². The van der Waals surface area contributed by atoms with E-state index in [9.17, 15) is 9.18 Å². The third kappa shape index (κ3) is 2.93. The lowest BCUT2D eigenvalue weighted by Gasteiger charge is -2.07. The van der Waals surface area contributed by atoms with Gasteiger partial charge in [-0.1, -0.05) is 34.7 Å². The molecule has 0 saturated carbocycles. The lowest BCUT2D eigenvalue weighted by Crippen LogP contribution is -2.05. The Bertz CT molecular complexity index is 533. The van der Waals surface area contributed by atoms with Gasteiger partial charge in [0.2, 0.25) is 0 Å². The third-order valence-corrected chi connectivity index (χ3v) is 4.71. The van der Waals surface area contributed by atoms with Gasteiger partial charge in [0, 0.05) is 0 Å². The van der Waals surface area contributed by atoms with Crippen LogP contribution in [0, 0.1) is 12.7 Å². The maximum atomic E-state index is 12.8. The van der Waals surface area contributed by atoms with E-state index in [4.69, 9.17) is 0 Å². The molecule has 4 heteroatoms. The monoisotopic (exact) mass is 360 g/mol. The van der Waals surface area contributed by atoms with Gasteiger partial charge in [-0.25, -0.2) is 4.39 Å². The average molecular weight is 360 g/mol. The summed E-state index contributed by atoms with van der Waals surface area (Å²) in [6.45, 7) is 1.97. The van der Waals surface area contributed by atoms with Crippen LogP contribution in [-0.2, 0) is 0 Å². The number of halogens is 2. The van der Waals surface area contributed by atoms with Crippen LogP contribution in [0.15, 0.2) is 35.7 Å². The molecule has 17 heavy (non-hydrogen) atoms. The first-order valence-corrected chi connectivity index (χ1v) is 7.19. The van der Waals surface area contributed by atoms with E-state index in [1.54, 1.807) is 12.1 Å². The topological polar surface area (TPSA) is 17.1 Å². The largest absolute Gasteiger partial charge is 0.292 e. The number of benzene rings is 1. The van der Waals surface area contributed by atoms with Crippen molar-refractivity contribution in [1.29, 1.82) is 0 Å². The quantitative estimate of drug-likeness (QED) is 0.446. The normalized spacial score (nSPS) is 12.4. The molecule has 0 aliphatic rings. The molecule has 0 fully saturated rings. The van der Waals surface area contributed by atoms with Gasteiger partial charge in [0.15, 0.2) is 5.78 Å². The minimum Gasteiger partial charge on any atom is -0.292 e. The molecular formula is C13H10FIOS. The van der Waals surface area contributed by atoms with Crippen molar-refractivity contribution in [2.75, 3.05) is 0 Å². The summed E-state index contributed by atoms with van der Waals surface area (Å²) in [5.41, 5.74) is 1.93. The number of carbonyl (C=O) groups is 1. The predicted octanol–water partition coefficient (Wildman–Crippen LogP) is 4.55. The fourth-order valence-corrected chi connectivity index (χ4v) is 3.30. The lowest BCUT2D eigenvalue weighted by molar-refractivity contribution is 0.0998. The molecule has 0 aliphatic heterocycles. The highest BCUT2D eigenvalue weighted by atomic mass is 127. The Morgan fingerprint density at radius 1 is 1.35 bits per heavy atom. The zero-order valence-electron chi connectivity index (χ0n) is 9.11. The number of thiophene rings is 1. The van der Waals surface area contributed by atoms with Crippen molar-refractivity contribution < 1.29 is 9.18 Å². The van der Waals surface area contributed by atoms with Crippen molar-refractivity contribution in [3.05, 3.63) is 57.5 Å². The Kier molecular flexibility index (Phi) is 3.93. The summed E-state index contributed by atoms with van der Waals surface area (Å²) in [7, 11) is 0. The van der Waals surface area contributed by atoms with Crippen molar-refractivity contribution in [3.63, 3.8) is 0 Å². The minimum atomic E-state index is -0.281. The van der Waals surface area contributed by atoms with Gasteiger partial charge >= 0.3 is 0 Å². The minimum absolute atomic E-state index is 0.0790. The number of rotatable bonds is 3. The van der Waals surface area contributed by atoms with Gasteiger partial charge in [0.1, 0.15) is 5.82 Å². The first-order chi connectivity index (χ1) is 8.08. The van der Waals surface area contributed by atoms with Crippen LogP contribution < -0.4 is 0 Å². The second-order valence-electron chi connectivity index (χ2n) is 3.77. The molecule has 0 aliphatic carbocycles. The van der Waals surface area contributed by atoms with Crippen molar-refractivity contribution in [2.24, 2.45) is 0 Å². The van der Waals surface area contributed by atoms with Crippen LogP contribution in [0.25, 0.3) is 0 Å². The zero-order chi connectivity index (χ0) is 12.4. The summed E-state index contributed by atoms with van der Waals surface area (Å²) in [4.78, 5) is 12.9. The van der Waals surface area contributed by atoms with Gasteiger partial charge in [0.05, 0.1) is 8.80 Å². The van der Waals surface area contributed by atoms with Gasteiger partial charge in [0.25, 0.3) is 0 Å². The molecule has 88 valence electrons. The number of hydrogen-bond acceptors (Lipinski definition) is 2. The van der Waals surface area contributed by atoms with E-state index in [1.165, 1.54) is 23.5 Å². The summed E-state index contributed by atoms with van der Waals surface area (Å²) in [6, 6.07) is 7.97. The number of ketones is 1. The fraction of sp³-hybridized carbons (Fsp3) is 0.154. The van der Waals surface area contributed by atoms with Crippen molar-refractivity contribution >= 4 is 39.7 Å². The molecule has 1 aromatic carbocycles. The predicted molar refractivity (Wildman–Crippen MR) is 76.5 cm³/mol. The summed E-state index contributed by atoms with van der Waals surface area (Å²) >= 11 is 3.55. The molecule has 0 radical (unpaired) electrons. The molecule has 1 heterocycles. The molecule has 0 amide bonds. The second kappa shape index (κ2) is 5.27. The summed E-state index contributed by atoms with van der Waals surface area (Å²) < 4.78 is 12.5. The number of carbonyl (C=O) groups excluding carboxylic acids is 1. The van der Waals surface area contributed by atoms with E-state index in [-0.39, 0.29) is 15.5 Å². The number of hydrogen-bond donors (Lipinski definition) is 0. The highest BCUT2D eigenvalue weighted by Crippen LogP contribution is 2.30. The van der Waals surface area contributed by atoms with Crippen LogP contribution in [-0.4, -0.2) is 5.78 Å². The number of aryl methyl sites for hydroxylation is 1. The fourth-order valence-electron chi connectivity index (χ4n) is 1.47. The Hall–Kier alpha value is -0.750. The van der Waals surface area contributed by atoms with Gasteiger partial charge in [-0.3, -0.25) is 4.79 Å². The smallest absolute Gasteiger partial charge is 0.189 e. The molecule has 2 rings (SSSR count). The third-order valence-electron chi connectivity index (χ3n) is 2.37. The Morgan fingerprint density at radius 3 is 2.53 bits per heavy atom. The standard InChI is InChI=1S/C13H10FIOS/c1-8-6-11(17-7-8)13(16)12(15)9-2-4-10(14)5-3-9/h2-7,12H,1H3.